The van der Waals surface area contributed by atoms with Crippen LogP contribution in [0.15, 0.2) is 53.9 Å². The van der Waals surface area contributed by atoms with Gasteiger partial charge in [-0.2, -0.15) is 0 Å². The molecule has 144 valence electrons. The molecule has 2 aromatic carbocycles. The van der Waals surface area contributed by atoms with Crippen molar-refractivity contribution in [3.05, 3.63) is 81.6 Å². The summed E-state index contributed by atoms with van der Waals surface area (Å²) in [4.78, 5) is 28.4. The van der Waals surface area contributed by atoms with Gasteiger partial charge in [-0.3, -0.25) is 4.79 Å². The van der Waals surface area contributed by atoms with Crippen molar-refractivity contribution < 1.29 is 18.7 Å². The van der Waals surface area contributed by atoms with Crippen LogP contribution in [-0.2, 0) is 29.1 Å². The Morgan fingerprint density at radius 3 is 2.71 bits per heavy atom. The second-order valence-corrected chi connectivity index (χ2v) is 6.92. The molecule has 0 fully saturated rings. The van der Waals surface area contributed by atoms with E-state index in [4.69, 9.17) is 10.5 Å². The van der Waals surface area contributed by atoms with Crippen LogP contribution in [-0.4, -0.2) is 16.9 Å². The number of carbonyl (C=O) groups excluding carboxylic acids is 2. The molecule has 0 saturated carbocycles. The minimum absolute atomic E-state index is 0.0130. The minimum atomic E-state index is -0.660. The smallest absolute Gasteiger partial charge is 0.340 e. The number of thiazole rings is 1. The molecule has 0 radical (unpaired) electrons. The molecule has 6 nitrogen and oxygen atoms in total. The van der Waals surface area contributed by atoms with E-state index in [1.54, 1.807) is 5.38 Å². The van der Waals surface area contributed by atoms with E-state index >= 15 is 0 Å². The maximum atomic E-state index is 13.0. The standard InChI is InChI=1S/C20H18FN3O3S/c21-14-6-7-16(17(22)8-14)20(26)27-11-15-12-28-19(24-15)9-18(25)23-10-13-4-2-1-3-5-13/h1-8,12H,9-11,22H2,(H,23,25). The van der Waals surface area contributed by atoms with Crippen molar-refractivity contribution in [3.8, 4) is 0 Å². The highest BCUT2D eigenvalue weighted by Crippen LogP contribution is 2.16. The van der Waals surface area contributed by atoms with Crippen LogP contribution in [0.5, 0.6) is 0 Å². The topological polar surface area (TPSA) is 94.3 Å². The number of esters is 1. The van der Waals surface area contributed by atoms with E-state index < -0.39 is 11.8 Å². The second kappa shape index (κ2) is 9.09. The molecular weight excluding hydrogens is 381 g/mol. The highest BCUT2D eigenvalue weighted by atomic mass is 32.1. The maximum Gasteiger partial charge on any atom is 0.340 e. The molecule has 8 heteroatoms. The number of hydrogen-bond acceptors (Lipinski definition) is 6. The van der Waals surface area contributed by atoms with Crippen LogP contribution >= 0.6 is 11.3 Å². The van der Waals surface area contributed by atoms with E-state index in [-0.39, 0.29) is 30.2 Å². The van der Waals surface area contributed by atoms with Gasteiger partial charge in [0.25, 0.3) is 0 Å². The van der Waals surface area contributed by atoms with Crippen molar-refractivity contribution in [2.75, 3.05) is 5.73 Å². The lowest BCUT2D eigenvalue weighted by Gasteiger charge is -2.06. The number of hydrogen-bond donors (Lipinski definition) is 2. The largest absolute Gasteiger partial charge is 0.455 e. The molecule has 1 aromatic heterocycles. The Balaban J connectivity index is 1.48. The van der Waals surface area contributed by atoms with E-state index in [0.717, 1.165) is 17.7 Å². The third-order valence-electron chi connectivity index (χ3n) is 3.83. The molecule has 3 rings (SSSR count). The zero-order chi connectivity index (χ0) is 19.9. The molecule has 1 amide bonds. The number of anilines is 1. The summed E-state index contributed by atoms with van der Waals surface area (Å²) in [6, 6.07) is 13.1. The van der Waals surface area contributed by atoms with E-state index in [9.17, 15) is 14.0 Å². The molecule has 0 aliphatic heterocycles. The Bertz CT molecular complexity index is 976. The van der Waals surface area contributed by atoms with Crippen LogP contribution < -0.4 is 11.1 Å². The molecule has 3 aromatic rings. The molecule has 0 saturated heterocycles. The van der Waals surface area contributed by atoms with Gasteiger partial charge >= 0.3 is 5.97 Å². The van der Waals surface area contributed by atoms with E-state index in [1.807, 2.05) is 30.3 Å². The zero-order valence-corrected chi connectivity index (χ0v) is 15.7. The van der Waals surface area contributed by atoms with Gasteiger partial charge in [-0.1, -0.05) is 30.3 Å². The molecule has 0 aliphatic carbocycles. The lowest BCUT2D eigenvalue weighted by Crippen LogP contribution is -2.24. The highest BCUT2D eigenvalue weighted by molar-refractivity contribution is 7.09. The Labute approximate surface area is 165 Å². The molecule has 1 heterocycles. The average Bonchev–Trinajstić information content (AvgIpc) is 3.12. The average molecular weight is 399 g/mol. The van der Waals surface area contributed by atoms with E-state index in [2.05, 4.69) is 10.3 Å². The molecule has 28 heavy (non-hydrogen) atoms. The fraction of sp³-hybridized carbons (Fsp3) is 0.150. The predicted molar refractivity (Wildman–Crippen MR) is 104 cm³/mol. The summed E-state index contributed by atoms with van der Waals surface area (Å²) in [7, 11) is 0. The first-order valence-corrected chi connectivity index (χ1v) is 9.35. The number of nitrogens with one attached hydrogen (secondary N) is 1. The summed E-state index contributed by atoms with van der Waals surface area (Å²) in [5.41, 5.74) is 7.28. The van der Waals surface area contributed by atoms with Crippen LogP contribution in [0.2, 0.25) is 0 Å². The number of nitrogens with zero attached hydrogens (tertiary/aromatic N) is 1. The van der Waals surface area contributed by atoms with Crippen LogP contribution in [0, 0.1) is 5.82 Å². The first-order valence-electron chi connectivity index (χ1n) is 8.47. The van der Waals surface area contributed by atoms with Crippen LogP contribution in [0.3, 0.4) is 0 Å². The second-order valence-electron chi connectivity index (χ2n) is 5.98. The Kier molecular flexibility index (Phi) is 6.33. The van der Waals surface area contributed by atoms with Crippen molar-refractivity contribution in [1.82, 2.24) is 10.3 Å². The van der Waals surface area contributed by atoms with E-state index in [1.165, 1.54) is 17.4 Å². The van der Waals surface area contributed by atoms with Gasteiger partial charge in [0, 0.05) is 17.6 Å². The Hall–Kier alpha value is -3.26. The fourth-order valence-electron chi connectivity index (χ4n) is 2.43. The summed E-state index contributed by atoms with van der Waals surface area (Å²) in [5, 5.41) is 5.18. The third kappa shape index (κ3) is 5.37. The summed E-state index contributed by atoms with van der Waals surface area (Å²) in [6.07, 6.45) is 0.149. The summed E-state index contributed by atoms with van der Waals surface area (Å²) in [5.74, 6) is -1.32. The zero-order valence-electron chi connectivity index (χ0n) is 14.9. The van der Waals surface area contributed by atoms with Crippen LogP contribution in [0.25, 0.3) is 0 Å². The van der Waals surface area contributed by atoms with Gasteiger partial charge in [-0.15, -0.1) is 11.3 Å². The van der Waals surface area contributed by atoms with Crippen molar-refractivity contribution in [2.24, 2.45) is 0 Å². The molecule has 0 atom stereocenters. The summed E-state index contributed by atoms with van der Waals surface area (Å²) < 4.78 is 18.2. The summed E-state index contributed by atoms with van der Waals surface area (Å²) in [6.45, 7) is 0.395. The number of halogens is 1. The van der Waals surface area contributed by atoms with Gasteiger partial charge in [0.2, 0.25) is 5.91 Å². The predicted octanol–water partition coefficient (Wildman–Crippen LogP) is 3.08. The van der Waals surface area contributed by atoms with Crippen LogP contribution in [0.4, 0.5) is 10.1 Å². The van der Waals surface area contributed by atoms with Crippen molar-refractivity contribution in [3.63, 3.8) is 0 Å². The lowest BCUT2D eigenvalue weighted by atomic mass is 10.2. The van der Waals surface area contributed by atoms with Gasteiger partial charge in [0.15, 0.2) is 0 Å². The van der Waals surface area contributed by atoms with Gasteiger partial charge in [-0.05, 0) is 23.8 Å². The molecule has 3 N–H and O–H groups in total. The SMILES string of the molecule is Nc1cc(F)ccc1C(=O)OCc1csc(CC(=O)NCc2ccccc2)n1. The van der Waals surface area contributed by atoms with Crippen molar-refractivity contribution in [1.29, 1.82) is 0 Å². The number of aromatic nitrogens is 1. The minimum Gasteiger partial charge on any atom is -0.455 e. The first kappa shape index (κ1) is 19.5. The third-order valence-corrected chi connectivity index (χ3v) is 4.73. The lowest BCUT2D eigenvalue weighted by molar-refractivity contribution is -0.120. The van der Waals surface area contributed by atoms with Crippen molar-refractivity contribution in [2.45, 2.75) is 19.6 Å². The number of rotatable bonds is 7. The molecule has 0 unspecified atom stereocenters. The normalized spacial score (nSPS) is 10.5. The van der Waals surface area contributed by atoms with E-state index in [0.29, 0.717) is 17.2 Å². The van der Waals surface area contributed by atoms with Gasteiger partial charge < -0.3 is 15.8 Å². The van der Waals surface area contributed by atoms with Gasteiger partial charge in [0.1, 0.15) is 17.4 Å². The number of ether oxygens (including phenoxy) is 1. The quantitative estimate of drug-likeness (QED) is 0.470. The number of benzene rings is 2. The van der Waals surface area contributed by atoms with Gasteiger partial charge in [0.05, 0.1) is 17.7 Å². The first-order chi connectivity index (χ1) is 13.5. The van der Waals surface area contributed by atoms with Gasteiger partial charge in [-0.25, -0.2) is 14.2 Å². The number of nitrogen functional groups attached to an aromatic ring is 1. The van der Waals surface area contributed by atoms with Crippen LogP contribution in [0.1, 0.15) is 26.6 Å². The van der Waals surface area contributed by atoms with Crippen molar-refractivity contribution >= 4 is 28.9 Å². The summed E-state index contributed by atoms with van der Waals surface area (Å²) >= 11 is 1.31. The maximum absolute atomic E-state index is 13.0. The number of nitrogens with two attached hydrogens (primary N) is 1. The fourth-order valence-corrected chi connectivity index (χ4v) is 3.21. The number of carbonyl (C=O) groups is 2. The molecule has 0 bridgehead atoms. The highest BCUT2D eigenvalue weighted by Gasteiger charge is 2.14. The Morgan fingerprint density at radius 2 is 1.96 bits per heavy atom. The molecule has 0 spiro atoms. The Morgan fingerprint density at radius 1 is 1.18 bits per heavy atom. The molecule has 0 aliphatic rings. The number of amides is 1. The molecular formula is C20H18FN3O3S. The monoisotopic (exact) mass is 399 g/mol.